The fraction of sp³-hybridized carbons (Fsp3) is 0.0833. The minimum atomic E-state index is -0.929. The second-order valence-electron chi connectivity index (χ2n) is 3.36. The molecule has 5 heteroatoms. The maximum Gasteiger partial charge on any atom is 0.323 e. The van der Waals surface area contributed by atoms with E-state index in [1.807, 2.05) is 0 Å². The number of aliphatic carboxylic acids is 1. The lowest BCUT2D eigenvalue weighted by atomic mass is 10.3. The molecular formula is C12H11N3O2. The summed E-state index contributed by atoms with van der Waals surface area (Å²) in [4.78, 5) is 20.7. The van der Waals surface area contributed by atoms with Crippen LogP contribution in [0.15, 0.2) is 48.8 Å². The molecule has 0 aliphatic rings. The Morgan fingerprint density at radius 1 is 1.06 bits per heavy atom. The lowest BCUT2D eigenvalue weighted by Crippen LogP contribution is -2.26. The smallest absolute Gasteiger partial charge is 0.323 e. The molecule has 1 N–H and O–H groups in total. The summed E-state index contributed by atoms with van der Waals surface area (Å²) in [6.45, 7) is -0.173. The summed E-state index contributed by atoms with van der Waals surface area (Å²) < 4.78 is 0. The van der Waals surface area contributed by atoms with Crippen LogP contribution in [0.3, 0.4) is 0 Å². The standard InChI is InChI=1S/C12H11N3O2/c16-12(17)9-15(10-5-1-3-7-13-10)11-6-2-4-8-14-11/h1-8H,9H2,(H,16,17). The Hall–Kier alpha value is -2.43. The number of carbonyl (C=O) groups is 1. The van der Waals surface area contributed by atoms with Crippen molar-refractivity contribution in [2.45, 2.75) is 0 Å². The third-order valence-corrected chi connectivity index (χ3v) is 2.15. The normalized spacial score (nSPS) is 9.88. The summed E-state index contributed by atoms with van der Waals surface area (Å²) in [5.74, 6) is 0.198. The lowest BCUT2D eigenvalue weighted by molar-refractivity contribution is -0.135. The van der Waals surface area contributed by atoms with Gasteiger partial charge in [-0.2, -0.15) is 0 Å². The number of carboxylic acids is 1. The highest BCUT2D eigenvalue weighted by Crippen LogP contribution is 2.19. The third-order valence-electron chi connectivity index (χ3n) is 2.15. The summed E-state index contributed by atoms with van der Waals surface area (Å²) in [5, 5.41) is 8.91. The largest absolute Gasteiger partial charge is 0.480 e. The van der Waals surface area contributed by atoms with Gasteiger partial charge in [-0.1, -0.05) is 12.1 Å². The SMILES string of the molecule is O=C(O)CN(c1ccccn1)c1ccccn1. The Kier molecular flexibility index (Phi) is 3.30. The van der Waals surface area contributed by atoms with Crippen LogP contribution in [0.2, 0.25) is 0 Å². The maximum absolute atomic E-state index is 10.9. The molecule has 2 aromatic rings. The van der Waals surface area contributed by atoms with Gasteiger partial charge in [-0.3, -0.25) is 9.69 Å². The summed E-state index contributed by atoms with van der Waals surface area (Å²) in [7, 11) is 0. The second-order valence-corrected chi connectivity index (χ2v) is 3.36. The molecule has 2 aromatic heterocycles. The number of pyridine rings is 2. The molecule has 0 aromatic carbocycles. The molecule has 0 aliphatic carbocycles. The van der Waals surface area contributed by atoms with Gasteiger partial charge in [0, 0.05) is 12.4 Å². The number of nitrogens with zero attached hydrogens (tertiary/aromatic N) is 3. The molecule has 0 atom stereocenters. The lowest BCUT2D eigenvalue weighted by Gasteiger charge is -2.20. The minimum absolute atomic E-state index is 0.173. The molecule has 5 nitrogen and oxygen atoms in total. The van der Waals surface area contributed by atoms with E-state index in [0.717, 1.165) is 0 Å². The predicted molar refractivity (Wildman–Crippen MR) is 63.1 cm³/mol. The monoisotopic (exact) mass is 229 g/mol. The zero-order chi connectivity index (χ0) is 12.1. The Balaban J connectivity index is 2.36. The van der Waals surface area contributed by atoms with E-state index in [-0.39, 0.29) is 6.54 Å². The number of hydrogen-bond acceptors (Lipinski definition) is 4. The van der Waals surface area contributed by atoms with Gasteiger partial charge >= 0.3 is 5.97 Å². The van der Waals surface area contributed by atoms with Crippen LogP contribution in [0.4, 0.5) is 11.6 Å². The van der Waals surface area contributed by atoms with Gasteiger partial charge in [0.2, 0.25) is 0 Å². The topological polar surface area (TPSA) is 66.3 Å². The summed E-state index contributed by atoms with van der Waals surface area (Å²) in [6.07, 6.45) is 3.24. The van der Waals surface area contributed by atoms with E-state index < -0.39 is 5.97 Å². The Morgan fingerprint density at radius 3 is 1.94 bits per heavy atom. The van der Waals surface area contributed by atoms with Crippen molar-refractivity contribution in [1.29, 1.82) is 0 Å². The zero-order valence-electron chi connectivity index (χ0n) is 9.02. The molecule has 0 unspecified atom stereocenters. The Labute approximate surface area is 98.4 Å². The van der Waals surface area contributed by atoms with Gasteiger partial charge < -0.3 is 5.11 Å². The first-order valence-corrected chi connectivity index (χ1v) is 5.09. The van der Waals surface area contributed by atoms with E-state index in [1.54, 1.807) is 53.7 Å². The van der Waals surface area contributed by atoms with Gasteiger partial charge in [-0.05, 0) is 24.3 Å². The van der Waals surface area contributed by atoms with Gasteiger partial charge in [-0.25, -0.2) is 9.97 Å². The van der Waals surface area contributed by atoms with Crippen molar-refractivity contribution in [1.82, 2.24) is 9.97 Å². The summed E-state index contributed by atoms with van der Waals surface area (Å²) in [5.41, 5.74) is 0. The molecule has 0 spiro atoms. The van der Waals surface area contributed by atoms with Crippen LogP contribution in [-0.2, 0) is 4.79 Å². The Bertz CT molecular complexity index is 448. The first-order valence-electron chi connectivity index (χ1n) is 5.09. The Morgan fingerprint density at radius 2 is 1.59 bits per heavy atom. The van der Waals surface area contributed by atoms with Crippen LogP contribution < -0.4 is 4.90 Å². The molecule has 0 saturated heterocycles. The van der Waals surface area contributed by atoms with E-state index in [9.17, 15) is 4.79 Å². The van der Waals surface area contributed by atoms with Gasteiger partial charge in [0.05, 0.1) is 0 Å². The maximum atomic E-state index is 10.9. The van der Waals surface area contributed by atoms with Gasteiger partial charge in [-0.15, -0.1) is 0 Å². The van der Waals surface area contributed by atoms with Crippen LogP contribution >= 0.6 is 0 Å². The molecule has 0 fully saturated rings. The first kappa shape index (κ1) is 11.1. The quantitative estimate of drug-likeness (QED) is 0.864. The van der Waals surface area contributed by atoms with Crippen molar-refractivity contribution in [2.75, 3.05) is 11.4 Å². The number of rotatable bonds is 4. The fourth-order valence-corrected chi connectivity index (χ4v) is 1.44. The average Bonchev–Trinajstić information content (AvgIpc) is 2.38. The van der Waals surface area contributed by atoms with E-state index in [4.69, 9.17) is 5.11 Å². The van der Waals surface area contributed by atoms with Crippen molar-refractivity contribution >= 4 is 17.6 Å². The number of aromatic nitrogens is 2. The number of anilines is 2. The van der Waals surface area contributed by atoms with Crippen LogP contribution in [0.5, 0.6) is 0 Å². The van der Waals surface area contributed by atoms with Crippen LogP contribution in [0.1, 0.15) is 0 Å². The summed E-state index contributed by atoms with van der Waals surface area (Å²) >= 11 is 0. The van der Waals surface area contributed by atoms with Crippen molar-refractivity contribution in [2.24, 2.45) is 0 Å². The van der Waals surface area contributed by atoms with Crippen molar-refractivity contribution in [3.8, 4) is 0 Å². The minimum Gasteiger partial charge on any atom is -0.480 e. The van der Waals surface area contributed by atoms with Crippen molar-refractivity contribution in [3.63, 3.8) is 0 Å². The first-order chi connectivity index (χ1) is 8.27. The molecule has 86 valence electrons. The van der Waals surface area contributed by atoms with E-state index >= 15 is 0 Å². The highest BCUT2D eigenvalue weighted by Gasteiger charge is 2.14. The van der Waals surface area contributed by atoms with E-state index in [0.29, 0.717) is 11.6 Å². The molecule has 0 saturated carbocycles. The molecule has 17 heavy (non-hydrogen) atoms. The molecule has 2 heterocycles. The predicted octanol–water partition coefficient (Wildman–Crippen LogP) is 1.70. The average molecular weight is 229 g/mol. The van der Waals surface area contributed by atoms with Crippen LogP contribution in [-0.4, -0.2) is 27.6 Å². The second kappa shape index (κ2) is 5.07. The van der Waals surface area contributed by atoms with Crippen molar-refractivity contribution in [3.05, 3.63) is 48.8 Å². The molecule has 0 amide bonds. The number of hydrogen-bond donors (Lipinski definition) is 1. The fourth-order valence-electron chi connectivity index (χ4n) is 1.44. The molecule has 2 rings (SSSR count). The summed E-state index contributed by atoms with van der Waals surface area (Å²) in [6, 6.07) is 10.7. The highest BCUT2D eigenvalue weighted by molar-refractivity contribution is 5.76. The molecule has 0 aliphatic heterocycles. The number of carboxylic acid groups (broad SMARTS) is 1. The van der Waals surface area contributed by atoms with Gasteiger partial charge in [0.1, 0.15) is 18.2 Å². The van der Waals surface area contributed by atoms with E-state index in [2.05, 4.69) is 9.97 Å². The molecular weight excluding hydrogens is 218 g/mol. The zero-order valence-corrected chi connectivity index (χ0v) is 9.02. The molecule has 0 radical (unpaired) electrons. The molecule has 0 bridgehead atoms. The van der Waals surface area contributed by atoms with Gasteiger partial charge in [0.25, 0.3) is 0 Å². The van der Waals surface area contributed by atoms with Crippen LogP contribution in [0.25, 0.3) is 0 Å². The van der Waals surface area contributed by atoms with E-state index in [1.165, 1.54) is 0 Å². The van der Waals surface area contributed by atoms with Gasteiger partial charge in [0.15, 0.2) is 0 Å². The van der Waals surface area contributed by atoms with Crippen LogP contribution in [0, 0.1) is 0 Å². The highest BCUT2D eigenvalue weighted by atomic mass is 16.4. The third kappa shape index (κ3) is 2.78. The van der Waals surface area contributed by atoms with Crippen molar-refractivity contribution < 1.29 is 9.90 Å².